The van der Waals surface area contributed by atoms with Gasteiger partial charge in [0.1, 0.15) is 12.3 Å². The molecule has 94 valence electrons. The van der Waals surface area contributed by atoms with E-state index >= 15 is 0 Å². The van der Waals surface area contributed by atoms with Gasteiger partial charge in [-0.15, -0.1) is 0 Å². The molecule has 0 fully saturated rings. The van der Waals surface area contributed by atoms with Crippen LogP contribution in [0.4, 0.5) is 10.1 Å². The van der Waals surface area contributed by atoms with Gasteiger partial charge in [-0.2, -0.15) is 5.10 Å². The van der Waals surface area contributed by atoms with Crippen LogP contribution in [0, 0.1) is 5.82 Å². The summed E-state index contributed by atoms with van der Waals surface area (Å²) in [7, 11) is 1.42. The summed E-state index contributed by atoms with van der Waals surface area (Å²) in [6.07, 6.45) is 3.20. The highest BCUT2D eigenvalue weighted by atomic mass is 19.1. The molecule has 0 bridgehead atoms. The zero-order valence-electron chi connectivity index (χ0n) is 9.76. The van der Waals surface area contributed by atoms with E-state index in [4.69, 9.17) is 0 Å². The molecule has 0 saturated heterocycles. The lowest BCUT2D eigenvalue weighted by atomic mass is 10.2. The lowest BCUT2D eigenvalue weighted by Gasteiger charge is -2.07. The van der Waals surface area contributed by atoms with E-state index in [0.29, 0.717) is 11.4 Å². The minimum atomic E-state index is -0.464. The van der Waals surface area contributed by atoms with Gasteiger partial charge >= 0.3 is 0 Å². The van der Waals surface area contributed by atoms with Crippen LogP contribution in [0.5, 0.6) is 0 Å². The zero-order valence-corrected chi connectivity index (χ0v) is 9.76. The molecule has 5 nitrogen and oxygen atoms in total. The number of nitrogens with zero attached hydrogens (tertiary/aromatic N) is 2. The summed E-state index contributed by atoms with van der Waals surface area (Å²) < 4.78 is 19.9. The van der Waals surface area contributed by atoms with Crippen LogP contribution in [0.1, 0.15) is 0 Å². The number of ether oxygens (including phenoxy) is 1. The van der Waals surface area contributed by atoms with E-state index in [0.717, 1.165) is 0 Å². The molecular formula is C12H12FN3O2. The second-order valence-electron chi connectivity index (χ2n) is 3.60. The fraction of sp³-hybridized carbons (Fsp3) is 0.167. The van der Waals surface area contributed by atoms with Gasteiger partial charge in [0.15, 0.2) is 5.82 Å². The second kappa shape index (κ2) is 5.42. The molecule has 0 unspecified atom stereocenters. The summed E-state index contributed by atoms with van der Waals surface area (Å²) in [5.41, 5.74) is 0.704. The number of rotatable bonds is 4. The van der Waals surface area contributed by atoms with Crippen molar-refractivity contribution < 1.29 is 13.9 Å². The largest absolute Gasteiger partial charge is 0.375 e. The average Bonchev–Trinajstić information content (AvgIpc) is 2.82. The van der Waals surface area contributed by atoms with Crippen LogP contribution in [0.15, 0.2) is 36.7 Å². The first-order valence-electron chi connectivity index (χ1n) is 5.29. The van der Waals surface area contributed by atoms with E-state index in [9.17, 15) is 9.18 Å². The number of carbonyl (C=O) groups excluding carboxylic acids is 1. The third-order valence-electron chi connectivity index (χ3n) is 2.26. The smallest absolute Gasteiger partial charge is 0.250 e. The Balaban J connectivity index is 2.18. The van der Waals surface area contributed by atoms with Gasteiger partial charge in [0.25, 0.3) is 0 Å². The maximum Gasteiger partial charge on any atom is 0.250 e. The highest BCUT2D eigenvalue weighted by Crippen LogP contribution is 2.17. The fourth-order valence-corrected chi connectivity index (χ4v) is 1.51. The number of hydrogen-bond donors (Lipinski definition) is 1. The van der Waals surface area contributed by atoms with Gasteiger partial charge in [0, 0.05) is 25.2 Å². The fourth-order valence-electron chi connectivity index (χ4n) is 1.51. The summed E-state index contributed by atoms with van der Waals surface area (Å²) in [4.78, 5) is 11.3. The molecule has 1 aromatic heterocycles. The van der Waals surface area contributed by atoms with Crippen molar-refractivity contribution in [2.45, 2.75) is 0 Å². The molecule has 1 amide bonds. The summed E-state index contributed by atoms with van der Waals surface area (Å²) in [6, 6.07) is 6.09. The van der Waals surface area contributed by atoms with Crippen LogP contribution in [-0.2, 0) is 9.53 Å². The molecule has 0 atom stereocenters. The van der Waals surface area contributed by atoms with Gasteiger partial charge in [-0.05, 0) is 24.3 Å². The van der Waals surface area contributed by atoms with E-state index in [1.165, 1.54) is 17.9 Å². The Kier molecular flexibility index (Phi) is 3.69. The van der Waals surface area contributed by atoms with Crippen LogP contribution >= 0.6 is 0 Å². The highest BCUT2D eigenvalue weighted by molar-refractivity contribution is 5.91. The first-order valence-corrected chi connectivity index (χ1v) is 5.29. The molecule has 0 saturated carbocycles. The molecule has 0 aliphatic heterocycles. The summed E-state index contributed by atoms with van der Waals surface area (Å²) in [5, 5.41) is 6.46. The number of hydrogen-bond acceptors (Lipinski definition) is 3. The molecule has 1 heterocycles. The Morgan fingerprint density at radius 3 is 3.00 bits per heavy atom. The number of amides is 1. The van der Waals surface area contributed by atoms with E-state index in [1.54, 1.807) is 30.6 Å². The van der Waals surface area contributed by atoms with Crippen LogP contribution in [0.3, 0.4) is 0 Å². The molecule has 1 N–H and O–H groups in total. The van der Waals surface area contributed by atoms with Crippen molar-refractivity contribution in [3.05, 3.63) is 42.5 Å². The van der Waals surface area contributed by atoms with Gasteiger partial charge in [0.05, 0.1) is 0 Å². The van der Waals surface area contributed by atoms with Crippen molar-refractivity contribution >= 4 is 11.6 Å². The van der Waals surface area contributed by atoms with E-state index in [-0.39, 0.29) is 12.5 Å². The number of methoxy groups -OCH3 is 1. The van der Waals surface area contributed by atoms with Crippen molar-refractivity contribution in [3.8, 4) is 5.69 Å². The standard InChI is InChI=1S/C12H12FN3O2/c1-18-8-12(17)15-9-3-4-11(10(13)7-9)16-6-2-5-14-16/h2-7H,8H2,1H3,(H,15,17). The molecule has 0 spiro atoms. The minimum absolute atomic E-state index is 0.0669. The topological polar surface area (TPSA) is 56.1 Å². The third kappa shape index (κ3) is 2.72. The predicted molar refractivity (Wildman–Crippen MR) is 64.0 cm³/mol. The number of aromatic nitrogens is 2. The first-order chi connectivity index (χ1) is 8.70. The minimum Gasteiger partial charge on any atom is -0.375 e. The maximum atomic E-state index is 13.8. The summed E-state index contributed by atoms with van der Waals surface area (Å²) >= 11 is 0. The SMILES string of the molecule is COCC(=O)Nc1ccc(-n2cccn2)c(F)c1. The lowest BCUT2D eigenvalue weighted by Crippen LogP contribution is -2.17. The number of nitrogens with one attached hydrogen (secondary N) is 1. The van der Waals surface area contributed by atoms with Crippen LogP contribution in [0.25, 0.3) is 5.69 Å². The molecule has 2 rings (SSSR count). The Labute approximate surface area is 103 Å². The van der Waals surface area contributed by atoms with Crippen molar-refractivity contribution in [2.75, 3.05) is 19.0 Å². The maximum absolute atomic E-state index is 13.8. The van der Waals surface area contributed by atoms with Gasteiger partial charge in [0.2, 0.25) is 5.91 Å². The summed E-state index contributed by atoms with van der Waals surface area (Å²) in [6.45, 7) is -0.0669. The lowest BCUT2D eigenvalue weighted by molar-refractivity contribution is -0.119. The van der Waals surface area contributed by atoms with Gasteiger partial charge < -0.3 is 10.1 Å². The van der Waals surface area contributed by atoms with Crippen LogP contribution in [0.2, 0.25) is 0 Å². The Morgan fingerprint density at radius 1 is 1.56 bits per heavy atom. The van der Waals surface area contributed by atoms with E-state index < -0.39 is 5.82 Å². The molecule has 0 aliphatic carbocycles. The molecular weight excluding hydrogens is 237 g/mol. The average molecular weight is 249 g/mol. The van der Waals surface area contributed by atoms with Crippen molar-refractivity contribution in [1.29, 1.82) is 0 Å². The number of halogens is 1. The molecule has 1 aromatic carbocycles. The van der Waals surface area contributed by atoms with Crippen LogP contribution in [-0.4, -0.2) is 29.4 Å². The van der Waals surface area contributed by atoms with Gasteiger partial charge in [-0.3, -0.25) is 4.79 Å². The van der Waals surface area contributed by atoms with Gasteiger partial charge in [-0.1, -0.05) is 0 Å². The Bertz CT molecular complexity index is 540. The van der Waals surface area contributed by atoms with Gasteiger partial charge in [-0.25, -0.2) is 9.07 Å². The zero-order chi connectivity index (χ0) is 13.0. The molecule has 0 radical (unpaired) electrons. The second-order valence-corrected chi connectivity index (χ2v) is 3.60. The molecule has 0 aliphatic rings. The first kappa shape index (κ1) is 12.3. The predicted octanol–water partition coefficient (Wildman–Crippen LogP) is 1.60. The number of carbonyl (C=O) groups is 1. The Hall–Kier alpha value is -2.21. The monoisotopic (exact) mass is 249 g/mol. The van der Waals surface area contributed by atoms with E-state index in [2.05, 4.69) is 15.2 Å². The number of benzene rings is 1. The van der Waals surface area contributed by atoms with E-state index in [1.807, 2.05) is 0 Å². The number of anilines is 1. The molecule has 2 aromatic rings. The highest BCUT2D eigenvalue weighted by Gasteiger charge is 2.07. The molecule has 6 heteroatoms. The van der Waals surface area contributed by atoms with Crippen molar-refractivity contribution in [2.24, 2.45) is 0 Å². The quantitative estimate of drug-likeness (QED) is 0.895. The van der Waals surface area contributed by atoms with Crippen molar-refractivity contribution in [1.82, 2.24) is 9.78 Å². The Morgan fingerprint density at radius 2 is 2.39 bits per heavy atom. The van der Waals surface area contributed by atoms with Crippen LogP contribution < -0.4 is 5.32 Å². The third-order valence-corrected chi connectivity index (χ3v) is 2.26. The van der Waals surface area contributed by atoms with Crippen molar-refractivity contribution in [3.63, 3.8) is 0 Å². The summed E-state index contributed by atoms with van der Waals surface area (Å²) in [5.74, 6) is -0.794. The normalized spacial score (nSPS) is 10.3. The molecule has 18 heavy (non-hydrogen) atoms.